The van der Waals surface area contributed by atoms with E-state index >= 15 is 0 Å². The predicted octanol–water partition coefficient (Wildman–Crippen LogP) is 4.08. The van der Waals surface area contributed by atoms with Crippen LogP contribution in [-0.4, -0.2) is 12.7 Å². The number of halogens is 1. The van der Waals surface area contributed by atoms with Crippen LogP contribution in [0.2, 0.25) is 0 Å². The van der Waals surface area contributed by atoms with Crippen molar-refractivity contribution >= 4 is 15.9 Å². The molecule has 1 aliphatic heterocycles. The van der Waals surface area contributed by atoms with Gasteiger partial charge in [-0.25, -0.2) is 0 Å². The third kappa shape index (κ3) is 5.16. The summed E-state index contributed by atoms with van der Waals surface area (Å²) in [6.45, 7) is 0.941. The molecule has 3 rings (SSSR count). The number of hydrogen-bond donors (Lipinski definition) is 0. The summed E-state index contributed by atoms with van der Waals surface area (Å²) in [6, 6.07) is 20.4. The lowest BCUT2D eigenvalue weighted by Gasteiger charge is -1.96. The quantitative estimate of drug-likeness (QED) is 0.760. The van der Waals surface area contributed by atoms with E-state index < -0.39 is 0 Å². The molecule has 1 aliphatic rings. The van der Waals surface area contributed by atoms with Crippen molar-refractivity contribution < 1.29 is 4.74 Å². The van der Waals surface area contributed by atoms with E-state index in [1.807, 2.05) is 36.4 Å². The number of ether oxygens (including phenoxy) is 1. The fourth-order valence-electron chi connectivity index (χ4n) is 1.45. The molecule has 17 heavy (non-hydrogen) atoms. The second-order valence-electron chi connectivity index (χ2n) is 3.94. The molecule has 0 spiro atoms. The maximum Gasteiger partial charge on any atom is 0.0850 e. The Hall–Kier alpha value is -1.12. The zero-order valence-corrected chi connectivity index (χ0v) is 11.1. The van der Waals surface area contributed by atoms with Crippen molar-refractivity contribution in [3.8, 4) is 0 Å². The SMILES string of the molecule is Brc1ccc(CC2CO2)cc1.c1ccccc1. The van der Waals surface area contributed by atoms with Gasteiger partial charge in [0.2, 0.25) is 0 Å². The second kappa shape index (κ2) is 6.58. The molecule has 88 valence electrons. The van der Waals surface area contributed by atoms with Gasteiger partial charge in [0, 0.05) is 10.9 Å². The molecule has 1 atom stereocenters. The molecule has 0 bridgehead atoms. The Morgan fingerprint density at radius 1 is 0.941 bits per heavy atom. The lowest BCUT2D eigenvalue weighted by atomic mass is 10.1. The Morgan fingerprint density at radius 2 is 1.41 bits per heavy atom. The van der Waals surface area contributed by atoms with Gasteiger partial charge in [0.25, 0.3) is 0 Å². The van der Waals surface area contributed by atoms with E-state index in [0.29, 0.717) is 6.10 Å². The van der Waals surface area contributed by atoms with Gasteiger partial charge in [-0.05, 0) is 17.7 Å². The van der Waals surface area contributed by atoms with Crippen LogP contribution in [0.3, 0.4) is 0 Å². The molecule has 0 N–H and O–H groups in total. The van der Waals surface area contributed by atoms with E-state index in [1.165, 1.54) is 5.56 Å². The van der Waals surface area contributed by atoms with Gasteiger partial charge in [-0.3, -0.25) is 0 Å². The molecule has 1 saturated heterocycles. The molecule has 0 aromatic heterocycles. The van der Waals surface area contributed by atoms with Crippen LogP contribution in [0, 0.1) is 0 Å². The molecular formula is C15H15BrO. The molecule has 1 heterocycles. The average Bonchev–Trinajstić information content (AvgIpc) is 3.19. The third-order valence-corrected chi connectivity index (χ3v) is 2.97. The predicted molar refractivity (Wildman–Crippen MR) is 74.0 cm³/mol. The fraction of sp³-hybridized carbons (Fsp3) is 0.200. The van der Waals surface area contributed by atoms with Gasteiger partial charge in [0.15, 0.2) is 0 Å². The topological polar surface area (TPSA) is 12.5 Å². The van der Waals surface area contributed by atoms with Crippen LogP contribution in [0.4, 0.5) is 0 Å². The number of epoxide rings is 1. The normalized spacial score (nSPS) is 16.9. The smallest absolute Gasteiger partial charge is 0.0850 e. The Kier molecular flexibility index (Phi) is 4.77. The van der Waals surface area contributed by atoms with Crippen LogP contribution in [0.25, 0.3) is 0 Å². The van der Waals surface area contributed by atoms with Crippen molar-refractivity contribution in [3.05, 3.63) is 70.7 Å². The monoisotopic (exact) mass is 290 g/mol. The average molecular weight is 291 g/mol. The maximum atomic E-state index is 5.13. The Morgan fingerprint density at radius 3 is 1.82 bits per heavy atom. The molecule has 0 radical (unpaired) electrons. The van der Waals surface area contributed by atoms with Crippen molar-refractivity contribution in [3.63, 3.8) is 0 Å². The molecule has 0 aliphatic carbocycles. The van der Waals surface area contributed by atoms with Gasteiger partial charge in [0.1, 0.15) is 0 Å². The highest BCUT2D eigenvalue weighted by Crippen LogP contribution is 2.17. The van der Waals surface area contributed by atoms with Gasteiger partial charge in [-0.2, -0.15) is 0 Å². The van der Waals surface area contributed by atoms with Gasteiger partial charge in [-0.15, -0.1) is 0 Å². The summed E-state index contributed by atoms with van der Waals surface area (Å²) in [5, 5.41) is 0. The first-order chi connectivity index (χ1) is 8.34. The van der Waals surface area contributed by atoms with Gasteiger partial charge >= 0.3 is 0 Å². The summed E-state index contributed by atoms with van der Waals surface area (Å²) >= 11 is 3.40. The van der Waals surface area contributed by atoms with E-state index in [4.69, 9.17) is 4.74 Å². The van der Waals surface area contributed by atoms with E-state index in [9.17, 15) is 0 Å². The summed E-state index contributed by atoms with van der Waals surface area (Å²) in [5.41, 5.74) is 1.36. The van der Waals surface area contributed by atoms with Crippen molar-refractivity contribution in [1.82, 2.24) is 0 Å². The minimum Gasteiger partial charge on any atom is -0.373 e. The highest BCUT2D eigenvalue weighted by molar-refractivity contribution is 9.10. The molecule has 1 unspecified atom stereocenters. The van der Waals surface area contributed by atoms with Crippen LogP contribution in [-0.2, 0) is 11.2 Å². The lowest BCUT2D eigenvalue weighted by molar-refractivity contribution is 0.407. The van der Waals surface area contributed by atoms with Gasteiger partial charge in [0.05, 0.1) is 12.7 Å². The Labute approximate surface area is 111 Å². The van der Waals surface area contributed by atoms with E-state index in [-0.39, 0.29) is 0 Å². The molecular weight excluding hydrogens is 276 g/mol. The minimum atomic E-state index is 0.496. The van der Waals surface area contributed by atoms with E-state index in [2.05, 4.69) is 40.2 Å². The summed E-state index contributed by atoms with van der Waals surface area (Å²) in [6.07, 6.45) is 1.56. The number of rotatable bonds is 2. The largest absolute Gasteiger partial charge is 0.373 e. The Bertz CT molecular complexity index is 394. The standard InChI is InChI=1S/C9H9BrO.C6H6/c10-8-3-1-7(2-4-8)5-9-6-11-9;1-2-4-6-5-3-1/h1-4,9H,5-6H2;1-6H. The second-order valence-corrected chi connectivity index (χ2v) is 4.86. The van der Waals surface area contributed by atoms with E-state index in [0.717, 1.165) is 17.5 Å². The summed E-state index contributed by atoms with van der Waals surface area (Å²) < 4.78 is 6.27. The molecule has 1 fully saturated rings. The zero-order chi connectivity index (χ0) is 11.9. The third-order valence-electron chi connectivity index (χ3n) is 2.45. The fourth-order valence-corrected chi connectivity index (χ4v) is 1.72. The van der Waals surface area contributed by atoms with Crippen molar-refractivity contribution in [2.24, 2.45) is 0 Å². The zero-order valence-electron chi connectivity index (χ0n) is 9.55. The summed E-state index contributed by atoms with van der Waals surface area (Å²) in [7, 11) is 0. The van der Waals surface area contributed by atoms with Crippen LogP contribution in [0.1, 0.15) is 5.56 Å². The minimum absolute atomic E-state index is 0.496. The van der Waals surface area contributed by atoms with Crippen LogP contribution >= 0.6 is 15.9 Å². The van der Waals surface area contributed by atoms with Crippen molar-refractivity contribution in [2.45, 2.75) is 12.5 Å². The number of hydrogen-bond acceptors (Lipinski definition) is 1. The van der Waals surface area contributed by atoms with Crippen LogP contribution in [0.5, 0.6) is 0 Å². The maximum absolute atomic E-state index is 5.13. The van der Waals surface area contributed by atoms with Crippen LogP contribution in [0.15, 0.2) is 65.1 Å². The first kappa shape index (κ1) is 12.3. The van der Waals surface area contributed by atoms with Crippen LogP contribution < -0.4 is 0 Å². The van der Waals surface area contributed by atoms with E-state index in [1.54, 1.807) is 0 Å². The lowest BCUT2D eigenvalue weighted by Crippen LogP contribution is -1.91. The highest BCUT2D eigenvalue weighted by Gasteiger charge is 2.22. The molecule has 2 heteroatoms. The van der Waals surface area contributed by atoms with Gasteiger partial charge < -0.3 is 4.74 Å². The van der Waals surface area contributed by atoms with Crippen molar-refractivity contribution in [2.75, 3.05) is 6.61 Å². The molecule has 2 aromatic rings. The molecule has 0 amide bonds. The first-order valence-electron chi connectivity index (χ1n) is 5.70. The molecule has 0 saturated carbocycles. The van der Waals surface area contributed by atoms with Crippen molar-refractivity contribution in [1.29, 1.82) is 0 Å². The van der Waals surface area contributed by atoms with Gasteiger partial charge in [-0.1, -0.05) is 64.5 Å². The first-order valence-corrected chi connectivity index (χ1v) is 6.50. The summed E-state index contributed by atoms with van der Waals surface area (Å²) in [5.74, 6) is 0. The molecule has 2 aromatic carbocycles. The number of benzene rings is 2. The molecule has 1 nitrogen and oxygen atoms in total. The highest BCUT2D eigenvalue weighted by atomic mass is 79.9. The summed E-state index contributed by atoms with van der Waals surface area (Å²) in [4.78, 5) is 0. The Balaban J connectivity index is 0.000000153.